The smallest absolute Gasteiger partial charge is 0.212 e. The summed E-state index contributed by atoms with van der Waals surface area (Å²) in [6, 6.07) is 0. The Morgan fingerprint density at radius 2 is 1.92 bits per heavy atom. The first-order chi connectivity index (χ1) is 5.36. The molecule has 2 nitrogen and oxygen atoms in total. The van der Waals surface area contributed by atoms with Crippen molar-refractivity contribution in [3.8, 4) is 0 Å². The molecule has 0 unspecified atom stereocenters. The molecule has 0 N–H and O–H groups in total. The van der Waals surface area contributed by atoms with E-state index in [-0.39, 0.29) is 11.2 Å². The molecule has 0 aromatic carbocycles. The lowest BCUT2D eigenvalue weighted by Gasteiger charge is -2.44. The molecular formula is C8H15ClO2S. The fourth-order valence-electron chi connectivity index (χ4n) is 1.86. The van der Waals surface area contributed by atoms with Gasteiger partial charge in [0.2, 0.25) is 9.05 Å². The molecule has 0 atom stereocenters. The summed E-state index contributed by atoms with van der Waals surface area (Å²) < 4.78 is 21.8. The molecule has 0 bridgehead atoms. The number of halogens is 1. The van der Waals surface area contributed by atoms with Crippen molar-refractivity contribution in [1.29, 1.82) is 0 Å². The van der Waals surface area contributed by atoms with Crippen molar-refractivity contribution in [3.05, 3.63) is 0 Å². The molecule has 72 valence electrons. The first kappa shape index (κ1) is 10.3. The summed E-state index contributed by atoms with van der Waals surface area (Å²) in [4.78, 5) is 0. The van der Waals surface area contributed by atoms with Gasteiger partial charge in [-0.15, -0.1) is 0 Å². The highest BCUT2D eigenvalue weighted by atomic mass is 35.7. The van der Waals surface area contributed by atoms with E-state index in [9.17, 15) is 8.42 Å². The number of hydrogen-bond acceptors (Lipinski definition) is 2. The minimum atomic E-state index is -3.32. The Bertz CT molecular complexity index is 252. The van der Waals surface area contributed by atoms with Crippen molar-refractivity contribution in [3.63, 3.8) is 0 Å². The van der Waals surface area contributed by atoms with E-state index in [1.807, 2.05) is 0 Å². The van der Waals surface area contributed by atoms with Gasteiger partial charge in [0.15, 0.2) is 0 Å². The van der Waals surface area contributed by atoms with E-state index in [1.165, 1.54) is 0 Å². The van der Waals surface area contributed by atoms with Crippen LogP contribution in [0.3, 0.4) is 0 Å². The third kappa shape index (κ3) is 2.13. The molecule has 0 heterocycles. The van der Waals surface area contributed by atoms with Crippen molar-refractivity contribution >= 4 is 19.7 Å². The molecule has 0 aromatic rings. The van der Waals surface area contributed by atoms with Gasteiger partial charge in [-0.05, 0) is 24.2 Å². The van der Waals surface area contributed by atoms with Crippen molar-refractivity contribution in [2.75, 3.05) is 5.75 Å². The Morgan fingerprint density at radius 3 is 2.00 bits per heavy atom. The predicted octanol–water partition coefficient (Wildman–Crippen LogP) is 2.38. The zero-order valence-corrected chi connectivity index (χ0v) is 9.08. The van der Waals surface area contributed by atoms with E-state index in [2.05, 4.69) is 13.8 Å². The fraction of sp³-hybridized carbons (Fsp3) is 1.00. The zero-order chi connectivity index (χ0) is 9.41. The van der Waals surface area contributed by atoms with Crippen LogP contribution in [0.15, 0.2) is 0 Å². The summed E-state index contributed by atoms with van der Waals surface area (Å²) in [6.45, 7) is 4.14. The van der Waals surface area contributed by atoms with Crippen LogP contribution in [0.25, 0.3) is 0 Å². The zero-order valence-electron chi connectivity index (χ0n) is 7.51. The molecule has 0 radical (unpaired) electrons. The molecule has 1 fully saturated rings. The second-order valence-electron chi connectivity index (χ2n) is 4.05. The highest BCUT2D eigenvalue weighted by Crippen LogP contribution is 2.48. The Kier molecular flexibility index (Phi) is 2.74. The molecule has 1 aliphatic rings. The van der Waals surface area contributed by atoms with Gasteiger partial charge in [0.1, 0.15) is 0 Å². The molecule has 0 amide bonds. The molecule has 12 heavy (non-hydrogen) atoms. The third-order valence-electron chi connectivity index (χ3n) is 3.03. The Hall–Kier alpha value is 0.240. The van der Waals surface area contributed by atoms with E-state index in [0.717, 1.165) is 19.3 Å². The van der Waals surface area contributed by atoms with Crippen LogP contribution in [-0.4, -0.2) is 14.2 Å². The van der Waals surface area contributed by atoms with Crippen LogP contribution in [0, 0.1) is 11.3 Å². The third-order valence-corrected chi connectivity index (χ3v) is 4.28. The fourth-order valence-corrected chi connectivity index (χ4v) is 3.82. The monoisotopic (exact) mass is 210 g/mol. The summed E-state index contributed by atoms with van der Waals surface area (Å²) >= 11 is 0. The van der Waals surface area contributed by atoms with Gasteiger partial charge in [0.25, 0.3) is 0 Å². The Balaban J connectivity index is 2.70. The van der Waals surface area contributed by atoms with Crippen LogP contribution in [-0.2, 0) is 9.05 Å². The van der Waals surface area contributed by atoms with Crippen LogP contribution in [0.2, 0.25) is 0 Å². The molecule has 0 aromatic heterocycles. The highest BCUT2D eigenvalue weighted by molar-refractivity contribution is 8.13. The Labute approximate surface area is 78.7 Å². The van der Waals surface area contributed by atoms with Gasteiger partial charge < -0.3 is 0 Å². The van der Waals surface area contributed by atoms with E-state index >= 15 is 0 Å². The van der Waals surface area contributed by atoms with Gasteiger partial charge in [-0.2, -0.15) is 0 Å². The molecule has 1 aliphatic carbocycles. The average molecular weight is 211 g/mol. The lowest BCUT2D eigenvalue weighted by Crippen LogP contribution is -2.40. The first-order valence-electron chi connectivity index (χ1n) is 4.28. The van der Waals surface area contributed by atoms with Crippen LogP contribution in [0.1, 0.15) is 33.1 Å². The summed E-state index contributed by atoms with van der Waals surface area (Å²) in [5.74, 6) is 0.568. The molecule has 0 aliphatic heterocycles. The lowest BCUT2D eigenvalue weighted by molar-refractivity contribution is 0.0977. The standard InChI is InChI=1S/C8H15ClO2S/c1-7(2)8(4-3-5-8)6-12(9,10)11/h7H,3-6H2,1-2H3. The van der Waals surface area contributed by atoms with Crippen LogP contribution in [0.4, 0.5) is 0 Å². The van der Waals surface area contributed by atoms with Crippen molar-refractivity contribution in [2.45, 2.75) is 33.1 Å². The maximum Gasteiger partial charge on any atom is 0.233 e. The maximum atomic E-state index is 10.9. The summed E-state index contributed by atoms with van der Waals surface area (Å²) in [5.41, 5.74) is -0.0133. The Morgan fingerprint density at radius 1 is 1.42 bits per heavy atom. The van der Waals surface area contributed by atoms with Gasteiger partial charge in [-0.25, -0.2) is 8.42 Å². The molecule has 0 saturated heterocycles. The quantitative estimate of drug-likeness (QED) is 0.671. The minimum absolute atomic E-state index is 0.0133. The SMILES string of the molecule is CC(C)C1(CS(=O)(=O)Cl)CCC1. The molecule has 0 spiro atoms. The van der Waals surface area contributed by atoms with Crippen LogP contribution < -0.4 is 0 Å². The van der Waals surface area contributed by atoms with E-state index < -0.39 is 9.05 Å². The molecule has 4 heteroatoms. The normalized spacial score (nSPS) is 22.3. The summed E-state index contributed by atoms with van der Waals surface area (Å²) in [7, 11) is 1.93. The van der Waals surface area contributed by atoms with E-state index in [0.29, 0.717) is 5.92 Å². The van der Waals surface area contributed by atoms with Gasteiger partial charge in [-0.1, -0.05) is 20.3 Å². The topological polar surface area (TPSA) is 34.1 Å². The first-order valence-corrected chi connectivity index (χ1v) is 6.76. The van der Waals surface area contributed by atoms with E-state index in [1.54, 1.807) is 0 Å². The number of hydrogen-bond donors (Lipinski definition) is 0. The largest absolute Gasteiger partial charge is 0.233 e. The maximum absolute atomic E-state index is 10.9. The molecule has 1 rings (SSSR count). The summed E-state index contributed by atoms with van der Waals surface area (Å²) in [5, 5.41) is 0. The minimum Gasteiger partial charge on any atom is -0.212 e. The summed E-state index contributed by atoms with van der Waals surface area (Å²) in [6.07, 6.45) is 3.16. The molecule has 1 saturated carbocycles. The van der Waals surface area contributed by atoms with E-state index in [4.69, 9.17) is 10.7 Å². The second-order valence-corrected chi connectivity index (χ2v) is 6.83. The predicted molar refractivity (Wildman–Crippen MR) is 50.8 cm³/mol. The van der Waals surface area contributed by atoms with Crippen molar-refractivity contribution < 1.29 is 8.42 Å². The van der Waals surface area contributed by atoms with Gasteiger partial charge >= 0.3 is 0 Å². The van der Waals surface area contributed by atoms with Gasteiger partial charge in [0, 0.05) is 10.7 Å². The second kappa shape index (κ2) is 3.18. The van der Waals surface area contributed by atoms with Crippen LogP contribution >= 0.6 is 10.7 Å². The van der Waals surface area contributed by atoms with Crippen LogP contribution in [0.5, 0.6) is 0 Å². The van der Waals surface area contributed by atoms with Gasteiger partial charge in [0.05, 0.1) is 5.75 Å². The number of rotatable bonds is 3. The van der Waals surface area contributed by atoms with Crippen molar-refractivity contribution in [1.82, 2.24) is 0 Å². The van der Waals surface area contributed by atoms with Gasteiger partial charge in [-0.3, -0.25) is 0 Å². The van der Waals surface area contributed by atoms with Crippen molar-refractivity contribution in [2.24, 2.45) is 11.3 Å². The molecular weight excluding hydrogens is 196 g/mol. The lowest BCUT2D eigenvalue weighted by atomic mass is 9.63. The highest BCUT2D eigenvalue weighted by Gasteiger charge is 2.42. The average Bonchev–Trinajstić information content (AvgIpc) is 1.75.